The van der Waals surface area contributed by atoms with Crippen LogP contribution in [0.5, 0.6) is 5.75 Å². The number of fused-ring (bicyclic) bond motifs is 4. The number of benzene rings is 4. The van der Waals surface area contributed by atoms with E-state index < -0.39 is 11.8 Å². The van der Waals surface area contributed by atoms with Crippen molar-refractivity contribution in [2.45, 2.75) is 39.5 Å². The highest BCUT2D eigenvalue weighted by Gasteiger charge is 2.30. The molecule has 0 atom stereocenters. The first-order chi connectivity index (χ1) is 21.8. The summed E-state index contributed by atoms with van der Waals surface area (Å²) in [4.78, 5) is 13.1. The van der Waals surface area contributed by atoms with Gasteiger partial charge in [-0.2, -0.15) is 5.10 Å². The molecule has 0 unspecified atom stereocenters. The van der Waals surface area contributed by atoms with Crippen LogP contribution in [0.15, 0.2) is 72.8 Å². The third-order valence-electron chi connectivity index (χ3n) is 8.67. The molecule has 0 bridgehead atoms. The Morgan fingerprint density at radius 3 is 2.44 bits per heavy atom. The van der Waals surface area contributed by atoms with Gasteiger partial charge in [-0.1, -0.05) is 48.5 Å². The highest BCUT2D eigenvalue weighted by molar-refractivity contribution is 6.04. The smallest absolute Gasteiger partial charge is 0.352 e. The largest absolute Gasteiger partial charge is 0.493 e. The normalized spacial score (nSPS) is 13.0. The Balaban J connectivity index is 1.36. The van der Waals surface area contributed by atoms with Crippen molar-refractivity contribution in [2.75, 3.05) is 6.61 Å². The summed E-state index contributed by atoms with van der Waals surface area (Å²) < 4.78 is 46.0. The van der Waals surface area contributed by atoms with Crippen molar-refractivity contribution in [1.29, 1.82) is 0 Å². The maximum Gasteiger partial charge on any atom is 0.352 e. The first-order valence-electron chi connectivity index (χ1n) is 14.9. The van der Waals surface area contributed by atoms with Crippen LogP contribution >= 0.6 is 0 Å². The van der Waals surface area contributed by atoms with Crippen LogP contribution in [0.3, 0.4) is 0 Å². The van der Waals surface area contributed by atoms with E-state index in [1.54, 1.807) is 40.6 Å². The minimum Gasteiger partial charge on any atom is -0.493 e. The molecule has 0 spiro atoms. The van der Waals surface area contributed by atoms with Crippen molar-refractivity contribution in [3.05, 3.63) is 118 Å². The molecule has 3 heterocycles. The Labute approximate surface area is 258 Å². The van der Waals surface area contributed by atoms with Gasteiger partial charge in [0.1, 0.15) is 23.1 Å². The number of aromatic nitrogens is 3. The number of nitrogens with zero attached hydrogens (tertiary/aromatic N) is 3. The molecule has 1 aliphatic rings. The van der Waals surface area contributed by atoms with Crippen LogP contribution < -0.4 is 4.74 Å². The monoisotopic (exact) mass is 607 g/mol. The summed E-state index contributed by atoms with van der Waals surface area (Å²) >= 11 is 0. The van der Waals surface area contributed by atoms with Gasteiger partial charge in [-0.25, -0.2) is 13.6 Å². The number of hydrogen-bond acceptors (Lipinski definition) is 4. The highest BCUT2D eigenvalue weighted by Crippen LogP contribution is 2.41. The molecule has 1 aliphatic heterocycles. The molecule has 0 saturated carbocycles. The van der Waals surface area contributed by atoms with Crippen LogP contribution in [-0.4, -0.2) is 32.0 Å². The van der Waals surface area contributed by atoms with Crippen molar-refractivity contribution in [3.8, 4) is 16.9 Å². The van der Waals surface area contributed by atoms with Gasteiger partial charge in [0.25, 0.3) is 0 Å². The minimum absolute atomic E-state index is 0.113. The van der Waals surface area contributed by atoms with Crippen molar-refractivity contribution in [1.82, 2.24) is 14.3 Å². The average molecular weight is 608 g/mol. The summed E-state index contributed by atoms with van der Waals surface area (Å²) in [5.74, 6) is -1.31. The fourth-order valence-electron chi connectivity index (χ4n) is 6.66. The maximum atomic E-state index is 16.1. The Morgan fingerprint density at radius 1 is 0.911 bits per heavy atom. The molecule has 0 aliphatic carbocycles. The van der Waals surface area contributed by atoms with Gasteiger partial charge in [-0.05, 0) is 60.7 Å². The second-order valence-corrected chi connectivity index (χ2v) is 11.4. The van der Waals surface area contributed by atoms with E-state index in [0.717, 1.165) is 11.1 Å². The van der Waals surface area contributed by atoms with E-state index >= 15 is 4.39 Å². The van der Waals surface area contributed by atoms with Crippen LogP contribution in [0.4, 0.5) is 8.78 Å². The van der Waals surface area contributed by atoms with Gasteiger partial charge in [0, 0.05) is 40.9 Å². The molecule has 7 rings (SSSR count). The lowest BCUT2D eigenvalue weighted by Crippen LogP contribution is -2.13. The van der Waals surface area contributed by atoms with Gasteiger partial charge in [0.15, 0.2) is 0 Å². The molecule has 0 fully saturated rings. The Hall–Kier alpha value is -5.02. The lowest BCUT2D eigenvalue weighted by atomic mass is 9.97. The lowest BCUT2D eigenvalue weighted by Gasteiger charge is -2.14. The number of carboxylic acid groups (broad SMARTS) is 1. The molecule has 45 heavy (non-hydrogen) atoms. The Bertz CT molecular complexity index is 2110. The third-order valence-corrected chi connectivity index (χ3v) is 8.67. The number of halogens is 2. The molecule has 0 radical (unpaired) electrons. The third kappa shape index (κ3) is 4.93. The van der Waals surface area contributed by atoms with Gasteiger partial charge >= 0.3 is 5.97 Å². The summed E-state index contributed by atoms with van der Waals surface area (Å²) in [5, 5.41) is 17.1. The van der Waals surface area contributed by atoms with Crippen molar-refractivity contribution < 1.29 is 28.2 Å². The molecule has 6 aromatic rings. The molecule has 0 amide bonds. The number of aryl methyl sites for hydroxylation is 3. The van der Waals surface area contributed by atoms with Crippen LogP contribution in [0.2, 0.25) is 0 Å². The van der Waals surface area contributed by atoms with E-state index in [2.05, 4.69) is 5.10 Å². The zero-order chi connectivity index (χ0) is 31.2. The highest BCUT2D eigenvalue weighted by atomic mass is 19.1. The molecule has 4 aromatic carbocycles. The summed E-state index contributed by atoms with van der Waals surface area (Å²) in [6.45, 7) is 2.86. The number of rotatable bonds is 6. The summed E-state index contributed by atoms with van der Waals surface area (Å²) in [6, 6.07) is 21.0. The number of carboxylic acids is 1. The molecular formula is C36H31F2N3O4. The number of carbonyl (C=O) groups is 1. The zero-order valence-electron chi connectivity index (χ0n) is 24.9. The standard InChI is InChI=1S/C36H31F2N3O4/c1-21-32-30(40(2)39-21)20-44-19-23-9-4-3-8-22(23)18-41-34-27(13-14-29(38)33(32)34)26(35(41)36(42)43)12-7-17-45-31-16-15-28(37)24-10-5-6-11-25(24)31/h3-6,8-11,13-16H,7,12,17-20H2,1-2H3,(H,42,43). The summed E-state index contributed by atoms with van der Waals surface area (Å²) in [5.41, 5.74) is 5.33. The van der Waals surface area contributed by atoms with Crippen molar-refractivity contribution in [2.24, 2.45) is 7.05 Å². The predicted molar refractivity (Wildman–Crippen MR) is 168 cm³/mol. The van der Waals surface area contributed by atoms with Crippen LogP contribution in [0.1, 0.15) is 45.0 Å². The molecule has 1 N–H and O–H groups in total. The lowest BCUT2D eigenvalue weighted by molar-refractivity contribution is 0.0684. The minimum atomic E-state index is -1.09. The number of hydrogen-bond donors (Lipinski definition) is 1. The van der Waals surface area contributed by atoms with Gasteiger partial charge in [0.05, 0.1) is 36.7 Å². The molecule has 228 valence electrons. The van der Waals surface area contributed by atoms with Gasteiger partial charge < -0.3 is 19.1 Å². The van der Waals surface area contributed by atoms with E-state index in [9.17, 15) is 14.3 Å². The average Bonchev–Trinajstić information content (AvgIpc) is 3.48. The summed E-state index contributed by atoms with van der Waals surface area (Å²) in [7, 11) is 1.80. The van der Waals surface area contributed by atoms with Gasteiger partial charge in [-0.15, -0.1) is 0 Å². The second-order valence-electron chi connectivity index (χ2n) is 11.4. The fraction of sp³-hybridized carbons (Fsp3) is 0.222. The molecule has 2 aromatic heterocycles. The topological polar surface area (TPSA) is 78.5 Å². The van der Waals surface area contributed by atoms with E-state index in [1.165, 1.54) is 12.1 Å². The molecule has 7 nitrogen and oxygen atoms in total. The quantitative estimate of drug-likeness (QED) is 0.198. The van der Waals surface area contributed by atoms with Crippen LogP contribution in [-0.2, 0) is 38.0 Å². The Morgan fingerprint density at radius 2 is 1.64 bits per heavy atom. The maximum absolute atomic E-state index is 16.1. The Kier molecular flexibility index (Phi) is 7.33. The van der Waals surface area contributed by atoms with E-state index in [-0.39, 0.29) is 31.3 Å². The SMILES string of the molecule is Cc1nn(C)c2c1-c1c(F)ccc3c(CCCOc4ccc(F)c5ccccc45)c(C(=O)O)n(c13)Cc1ccccc1COC2. The van der Waals surface area contributed by atoms with Crippen molar-refractivity contribution in [3.63, 3.8) is 0 Å². The molecular weight excluding hydrogens is 576 g/mol. The first kappa shape index (κ1) is 28.7. The van der Waals surface area contributed by atoms with Gasteiger partial charge in [-0.3, -0.25) is 4.68 Å². The van der Waals surface area contributed by atoms with E-state index in [0.29, 0.717) is 75.0 Å². The molecule has 9 heteroatoms. The predicted octanol–water partition coefficient (Wildman–Crippen LogP) is 7.57. The summed E-state index contributed by atoms with van der Waals surface area (Å²) in [6.07, 6.45) is 0.859. The first-order valence-corrected chi connectivity index (χ1v) is 14.9. The number of aromatic carboxylic acids is 1. The van der Waals surface area contributed by atoms with Crippen LogP contribution in [0.25, 0.3) is 32.8 Å². The second kappa shape index (κ2) is 11.5. The fourth-order valence-corrected chi connectivity index (χ4v) is 6.66. The zero-order valence-corrected chi connectivity index (χ0v) is 24.9. The van der Waals surface area contributed by atoms with E-state index in [1.807, 2.05) is 43.3 Å². The van der Waals surface area contributed by atoms with Crippen molar-refractivity contribution >= 4 is 27.6 Å². The van der Waals surface area contributed by atoms with E-state index in [4.69, 9.17) is 9.47 Å². The number of ether oxygens (including phenoxy) is 2. The molecule has 0 saturated heterocycles. The van der Waals surface area contributed by atoms with Gasteiger partial charge in [0.2, 0.25) is 0 Å². The van der Waals surface area contributed by atoms with Crippen LogP contribution in [0, 0.1) is 18.6 Å².